The molecule has 0 spiro atoms. The Morgan fingerprint density at radius 3 is 2.92 bits per heavy atom. The van der Waals surface area contributed by atoms with Crippen LogP contribution >= 0.6 is 11.5 Å². The summed E-state index contributed by atoms with van der Waals surface area (Å²) in [5.74, 6) is 1.17. The summed E-state index contributed by atoms with van der Waals surface area (Å²) in [6.07, 6.45) is 4.03. The van der Waals surface area contributed by atoms with Gasteiger partial charge in [-0.05, 0) is 32.2 Å². The van der Waals surface area contributed by atoms with E-state index in [1.165, 1.54) is 11.5 Å². The molecule has 4 rings (SSSR count). The normalized spacial score (nSPS) is 20.8. The molecular formula is C15H21N7O2S. The van der Waals surface area contributed by atoms with Gasteiger partial charge in [0.2, 0.25) is 11.0 Å². The molecule has 1 aliphatic heterocycles. The van der Waals surface area contributed by atoms with Crippen LogP contribution in [0.15, 0.2) is 4.52 Å². The molecule has 25 heavy (non-hydrogen) atoms. The van der Waals surface area contributed by atoms with Crippen LogP contribution in [-0.4, -0.2) is 57.0 Å². The van der Waals surface area contributed by atoms with Gasteiger partial charge in [-0.1, -0.05) is 5.16 Å². The molecule has 0 radical (unpaired) electrons. The highest BCUT2D eigenvalue weighted by Gasteiger charge is 2.33. The Labute approximate surface area is 149 Å². The number of carbonyl (C=O) groups is 1. The first-order valence-corrected chi connectivity index (χ1v) is 9.26. The van der Waals surface area contributed by atoms with E-state index in [0.29, 0.717) is 12.4 Å². The highest BCUT2D eigenvalue weighted by Crippen LogP contribution is 2.32. The van der Waals surface area contributed by atoms with Gasteiger partial charge in [-0.3, -0.25) is 9.69 Å². The number of likely N-dealkylation sites (tertiary alicyclic amines) is 1. The molecule has 1 N–H and O–H groups in total. The molecule has 0 bridgehead atoms. The number of amides is 1. The molecule has 1 saturated heterocycles. The van der Waals surface area contributed by atoms with Crippen LogP contribution in [-0.2, 0) is 6.54 Å². The van der Waals surface area contributed by atoms with Crippen molar-refractivity contribution in [2.24, 2.45) is 0 Å². The van der Waals surface area contributed by atoms with Crippen molar-refractivity contribution in [1.29, 1.82) is 0 Å². The predicted octanol–water partition coefficient (Wildman–Crippen LogP) is 1.22. The summed E-state index contributed by atoms with van der Waals surface area (Å²) in [7, 11) is 3.91. The number of carbonyl (C=O) groups excluding carboxylic acids is 1. The Morgan fingerprint density at radius 1 is 1.36 bits per heavy atom. The van der Waals surface area contributed by atoms with Crippen molar-refractivity contribution >= 4 is 22.6 Å². The number of hydrogen-bond donors (Lipinski definition) is 1. The minimum absolute atomic E-state index is 0.0151. The molecule has 1 saturated carbocycles. The zero-order valence-corrected chi connectivity index (χ0v) is 15.1. The van der Waals surface area contributed by atoms with Gasteiger partial charge in [0.1, 0.15) is 0 Å². The first-order chi connectivity index (χ1) is 12.1. The molecule has 1 atom stereocenters. The summed E-state index contributed by atoms with van der Waals surface area (Å²) in [5.41, 5.74) is 0. The lowest BCUT2D eigenvalue weighted by Gasteiger charge is -2.19. The molecule has 3 heterocycles. The van der Waals surface area contributed by atoms with Crippen molar-refractivity contribution in [2.75, 3.05) is 25.5 Å². The van der Waals surface area contributed by atoms with Crippen LogP contribution in [0.2, 0.25) is 0 Å². The number of rotatable bonds is 6. The lowest BCUT2D eigenvalue weighted by atomic mass is 10.2. The van der Waals surface area contributed by atoms with Crippen molar-refractivity contribution in [2.45, 2.75) is 44.3 Å². The van der Waals surface area contributed by atoms with E-state index < -0.39 is 0 Å². The highest BCUT2D eigenvalue weighted by molar-refractivity contribution is 7.09. The van der Waals surface area contributed by atoms with Crippen molar-refractivity contribution < 1.29 is 9.32 Å². The fraction of sp³-hybridized carbons (Fsp3) is 0.667. The monoisotopic (exact) mass is 363 g/mol. The maximum Gasteiger partial charge on any atom is 0.292 e. The maximum atomic E-state index is 12.0. The Balaban J connectivity index is 1.43. The van der Waals surface area contributed by atoms with E-state index in [9.17, 15) is 4.79 Å². The van der Waals surface area contributed by atoms with E-state index in [1.807, 2.05) is 19.0 Å². The van der Waals surface area contributed by atoms with Crippen LogP contribution in [0.25, 0.3) is 0 Å². The largest absolute Gasteiger partial charge is 0.353 e. The van der Waals surface area contributed by atoms with Gasteiger partial charge in [-0.25, -0.2) is 4.98 Å². The molecule has 2 fully saturated rings. The maximum absolute atomic E-state index is 12.0. The quantitative estimate of drug-likeness (QED) is 0.817. The van der Waals surface area contributed by atoms with Crippen molar-refractivity contribution in [3.8, 4) is 0 Å². The van der Waals surface area contributed by atoms with Gasteiger partial charge in [0, 0.05) is 31.7 Å². The molecule has 2 aromatic rings. The first kappa shape index (κ1) is 16.4. The summed E-state index contributed by atoms with van der Waals surface area (Å²) in [4.78, 5) is 25.1. The molecule has 1 aliphatic carbocycles. The summed E-state index contributed by atoms with van der Waals surface area (Å²) in [6.45, 7) is 1.56. The van der Waals surface area contributed by atoms with Gasteiger partial charge in [0.05, 0.1) is 12.6 Å². The fourth-order valence-electron chi connectivity index (χ4n) is 2.91. The molecule has 0 unspecified atom stereocenters. The number of nitrogens with zero attached hydrogens (tertiary/aromatic N) is 6. The Kier molecular flexibility index (Phi) is 4.38. The minimum atomic E-state index is -0.251. The van der Waals surface area contributed by atoms with Gasteiger partial charge in [-0.15, -0.1) is 0 Å². The Bertz CT molecular complexity index is 755. The standard InChI is InChI=1S/C15H21N7O2S/c1-21(2)15-17-11(20-25-15)8-22-7-3-4-10(22)14-18-12(19-24-14)13(23)16-9-5-6-9/h9-10H,3-8H2,1-2H3,(H,16,23)/t10-/m0/s1. The molecule has 2 aliphatic rings. The molecule has 2 aromatic heterocycles. The Morgan fingerprint density at radius 2 is 2.20 bits per heavy atom. The zero-order valence-electron chi connectivity index (χ0n) is 14.3. The van der Waals surface area contributed by atoms with Crippen LogP contribution < -0.4 is 10.2 Å². The van der Waals surface area contributed by atoms with Crippen LogP contribution in [0.3, 0.4) is 0 Å². The van der Waals surface area contributed by atoms with E-state index in [-0.39, 0.29) is 23.8 Å². The lowest BCUT2D eigenvalue weighted by Crippen LogP contribution is -2.27. The zero-order chi connectivity index (χ0) is 17.4. The van der Waals surface area contributed by atoms with Crippen LogP contribution in [0.1, 0.15) is 54.1 Å². The summed E-state index contributed by atoms with van der Waals surface area (Å²) in [5, 5.41) is 7.62. The Hall–Kier alpha value is -2.07. The van der Waals surface area contributed by atoms with E-state index in [1.54, 1.807) is 0 Å². The van der Waals surface area contributed by atoms with Crippen molar-refractivity contribution in [3.63, 3.8) is 0 Å². The SMILES string of the molecule is CN(C)c1nc(CN2CCC[C@H]2c2nc(C(=O)NC3CC3)no2)ns1. The van der Waals surface area contributed by atoms with Gasteiger partial charge in [-0.2, -0.15) is 9.36 Å². The van der Waals surface area contributed by atoms with E-state index in [0.717, 1.165) is 43.2 Å². The third-order valence-corrected chi connectivity index (χ3v) is 5.31. The third-order valence-electron chi connectivity index (χ3n) is 4.39. The number of nitrogens with one attached hydrogen (secondary N) is 1. The van der Waals surface area contributed by atoms with Crippen LogP contribution in [0.5, 0.6) is 0 Å². The lowest BCUT2D eigenvalue weighted by molar-refractivity contribution is 0.0937. The van der Waals surface area contributed by atoms with E-state index in [4.69, 9.17) is 4.52 Å². The second kappa shape index (κ2) is 6.68. The van der Waals surface area contributed by atoms with E-state index in [2.05, 4.69) is 29.7 Å². The van der Waals surface area contributed by atoms with E-state index >= 15 is 0 Å². The van der Waals surface area contributed by atoms with Crippen molar-refractivity contribution in [1.82, 2.24) is 29.7 Å². The van der Waals surface area contributed by atoms with Gasteiger partial charge < -0.3 is 14.7 Å². The van der Waals surface area contributed by atoms with Gasteiger partial charge >= 0.3 is 0 Å². The van der Waals surface area contributed by atoms with Crippen molar-refractivity contribution in [3.05, 3.63) is 17.5 Å². The minimum Gasteiger partial charge on any atom is -0.353 e. The average Bonchev–Trinajstić information content (AvgIpc) is 3.01. The molecule has 10 heteroatoms. The number of hydrogen-bond acceptors (Lipinski definition) is 9. The molecule has 134 valence electrons. The van der Waals surface area contributed by atoms with Gasteiger partial charge in [0.25, 0.3) is 11.7 Å². The smallest absolute Gasteiger partial charge is 0.292 e. The number of aromatic nitrogens is 4. The molecule has 0 aromatic carbocycles. The summed E-state index contributed by atoms with van der Waals surface area (Å²) < 4.78 is 9.79. The molecular weight excluding hydrogens is 342 g/mol. The average molecular weight is 363 g/mol. The summed E-state index contributed by atoms with van der Waals surface area (Å²) >= 11 is 1.39. The highest BCUT2D eigenvalue weighted by atomic mass is 32.1. The molecule has 9 nitrogen and oxygen atoms in total. The second-order valence-electron chi connectivity index (χ2n) is 6.72. The first-order valence-electron chi connectivity index (χ1n) is 8.48. The third kappa shape index (κ3) is 3.64. The fourth-order valence-corrected chi connectivity index (χ4v) is 3.50. The predicted molar refractivity (Wildman–Crippen MR) is 91.4 cm³/mol. The topological polar surface area (TPSA) is 100 Å². The van der Waals surface area contributed by atoms with Crippen LogP contribution in [0, 0.1) is 0 Å². The summed E-state index contributed by atoms with van der Waals surface area (Å²) in [6, 6.07) is 0.292. The van der Waals surface area contributed by atoms with Gasteiger partial charge in [0.15, 0.2) is 5.82 Å². The molecule has 1 amide bonds. The number of anilines is 1. The van der Waals surface area contributed by atoms with Crippen LogP contribution in [0.4, 0.5) is 5.13 Å². The second-order valence-corrected chi connectivity index (χ2v) is 7.45.